The number of carbonyl (C=O) groups is 1. The third-order valence-corrected chi connectivity index (χ3v) is 2.99. The first-order valence-corrected chi connectivity index (χ1v) is 5.77. The van der Waals surface area contributed by atoms with Gasteiger partial charge in [0.15, 0.2) is 0 Å². The molecule has 1 unspecified atom stereocenters. The zero-order valence-corrected chi connectivity index (χ0v) is 9.89. The van der Waals surface area contributed by atoms with E-state index >= 15 is 0 Å². The van der Waals surface area contributed by atoms with Gasteiger partial charge >= 0.3 is 0 Å². The van der Waals surface area contributed by atoms with Crippen molar-refractivity contribution < 1.29 is 9.53 Å². The Balaban J connectivity index is 3.78. The monoisotopic (exact) mass is 220 g/mol. The molecule has 0 fully saturated rings. The molecule has 0 bridgehead atoms. The maximum atomic E-state index is 11.2. The van der Waals surface area contributed by atoms with E-state index in [0.29, 0.717) is 12.5 Å². The van der Waals surface area contributed by atoms with Crippen LogP contribution in [0.5, 0.6) is 0 Å². The molecule has 5 heteroatoms. The molecule has 0 aliphatic carbocycles. The fourth-order valence-corrected chi connectivity index (χ4v) is 2.23. The Morgan fingerprint density at radius 2 is 2.21 bits per heavy atom. The second-order valence-electron chi connectivity index (χ2n) is 3.51. The summed E-state index contributed by atoms with van der Waals surface area (Å²) in [6, 6.07) is 0. The topological polar surface area (TPSA) is 64.3 Å². The number of methoxy groups -OCH3 is 1. The molecule has 0 heterocycles. The number of nitrogens with one attached hydrogen (secondary N) is 1. The summed E-state index contributed by atoms with van der Waals surface area (Å²) in [4.78, 5) is 11.2. The Bertz CT molecular complexity index is 165. The first kappa shape index (κ1) is 13.7. The second kappa shape index (κ2) is 8.08. The lowest BCUT2D eigenvalue weighted by Gasteiger charge is -2.14. The van der Waals surface area contributed by atoms with Crippen LogP contribution < -0.4 is 11.3 Å². The number of rotatable bonds is 7. The van der Waals surface area contributed by atoms with E-state index in [-0.39, 0.29) is 11.2 Å². The minimum Gasteiger partial charge on any atom is -0.383 e. The highest BCUT2D eigenvalue weighted by Gasteiger charge is 2.17. The lowest BCUT2D eigenvalue weighted by molar-refractivity contribution is -0.121. The lowest BCUT2D eigenvalue weighted by Crippen LogP contribution is -2.39. The molecular formula is C9H20N2O2S. The summed E-state index contributed by atoms with van der Waals surface area (Å²) in [6.45, 7) is 4.73. The average Bonchev–Trinajstić information content (AvgIpc) is 2.15. The zero-order valence-electron chi connectivity index (χ0n) is 9.08. The van der Waals surface area contributed by atoms with Crippen LogP contribution in [0.1, 0.15) is 20.3 Å². The Morgan fingerprint density at radius 1 is 1.57 bits per heavy atom. The van der Waals surface area contributed by atoms with Gasteiger partial charge in [-0.1, -0.05) is 13.8 Å². The lowest BCUT2D eigenvalue weighted by atomic mass is 10.2. The number of ether oxygens (including phenoxy) is 1. The van der Waals surface area contributed by atoms with Crippen LogP contribution in [0, 0.1) is 5.92 Å². The van der Waals surface area contributed by atoms with E-state index in [0.717, 1.165) is 12.2 Å². The van der Waals surface area contributed by atoms with E-state index in [1.54, 1.807) is 18.9 Å². The van der Waals surface area contributed by atoms with Crippen LogP contribution in [0.15, 0.2) is 0 Å². The van der Waals surface area contributed by atoms with E-state index in [1.807, 2.05) is 0 Å². The minimum absolute atomic E-state index is 0.166. The normalized spacial score (nSPS) is 12.9. The van der Waals surface area contributed by atoms with Crippen molar-refractivity contribution in [1.29, 1.82) is 0 Å². The Kier molecular flexibility index (Phi) is 7.93. The van der Waals surface area contributed by atoms with Gasteiger partial charge in [-0.25, -0.2) is 5.84 Å². The van der Waals surface area contributed by atoms with Gasteiger partial charge in [-0.15, -0.1) is 11.8 Å². The standard InChI is InChI=1S/C9H20N2O2S/c1-7(2)4-5-14-8(6-13-3)9(12)11-10/h7-8H,4-6,10H2,1-3H3,(H,11,12). The molecule has 0 radical (unpaired) electrons. The van der Waals surface area contributed by atoms with Crippen LogP contribution in [0.4, 0.5) is 0 Å². The molecule has 3 N–H and O–H groups in total. The highest BCUT2D eigenvalue weighted by atomic mass is 32.2. The van der Waals surface area contributed by atoms with Gasteiger partial charge < -0.3 is 4.74 Å². The molecule has 0 saturated carbocycles. The van der Waals surface area contributed by atoms with Crippen LogP contribution in [0.3, 0.4) is 0 Å². The summed E-state index contributed by atoms with van der Waals surface area (Å²) >= 11 is 1.59. The van der Waals surface area contributed by atoms with Crippen LogP contribution in [-0.4, -0.2) is 30.6 Å². The zero-order chi connectivity index (χ0) is 11.0. The third-order valence-electron chi connectivity index (χ3n) is 1.77. The maximum Gasteiger partial charge on any atom is 0.249 e. The molecule has 0 aromatic heterocycles. The fraction of sp³-hybridized carbons (Fsp3) is 0.889. The van der Waals surface area contributed by atoms with Gasteiger partial charge in [0.2, 0.25) is 5.91 Å². The minimum atomic E-state index is -0.191. The van der Waals surface area contributed by atoms with Crippen molar-refractivity contribution >= 4 is 17.7 Å². The van der Waals surface area contributed by atoms with Crippen molar-refractivity contribution in [3.05, 3.63) is 0 Å². The number of nitrogens with two attached hydrogens (primary N) is 1. The summed E-state index contributed by atoms with van der Waals surface area (Å²) in [5, 5.41) is -0.191. The van der Waals surface area contributed by atoms with Crippen molar-refractivity contribution in [2.45, 2.75) is 25.5 Å². The maximum absolute atomic E-state index is 11.2. The van der Waals surface area contributed by atoms with E-state index in [2.05, 4.69) is 19.3 Å². The molecule has 0 aliphatic rings. The molecule has 0 aromatic rings. The molecule has 0 aliphatic heterocycles. The molecule has 0 saturated heterocycles. The van der Waals surface area contributed by atoms with Gasteiger partial charge in [0.1, 0.15) is 5.25 Å². The van der Waals surface area contributed by atoms with Crippen LogP contribution in [-0.2, 0) is 9.53 Å². The Morgan fingerprint density at radius 3 is 2.64 bits per heavy atom. The van der Waals surface area contributed by atoms with Crippen molar-refractivity contribution in [3.63, 3.8) is 0 Å². The average molecular weight is 220 g/mol. The SMILES string of the molecule is COCC(SCCC(C)C)C(=O)NN. The number of thioether (sulfide) groups is 1. The Labute approximate surface area is 89.9 Å². The van der Waals surface area contributed by atoms with Gasteiger partial charge in [0.05, 0.1) is 6.61 Å². The molecule has 0 aromatic carbocycles. The summed E-state index contributed by atoms with van der Waals surface area (Å²) in [6.07, 6.45) is 1.10. The molecule has 0 spiro atoms. The van der Waals surface area contributed by atoms with Gasteiger partial charge in [-0.3, -0.25) is 10.2 Å². The first-order chi connectivity index (χ1) is 6.61. The van der Waals surface area contributed by atoms with E-state index < -0.39 is 0 Å². The summed E-state index contributed by atoms with van der Waals surface area (Å²) < 4.78 is 4.95. The predicted octanol–water partition coefficient (Wildman–Crippen LogP) is 0.771. The quantitative estimate of drug-likeness (QED) is 0.378. The van der Waals surface area contributed by atoms with Crippen molar-refractivity contribution in [2.75, 3.05) is 19.5 Å². The van der Waals surface area contributed by atoms with Gasteiger partial charge in [-0.05, 0) is 18.1 Å². The predicted molar refractivity (Wildman–Crippen MR) is 59.9 cm³/mol. The highest BCUT2D eigenvalue weighted by Crippen LogP contribution is 2.15. The van der Waals surface area contributed by atoms with Crippen molar-refractivity contribution in [1.82, 2.24) is 5.43 Å². The van der Waals surface area contributed by atoms with Gasteiger partial charge in [0.25, 0.3) is 0 Å². The van der Waals surface area contributed by atoms with E-state index in [1.165, 1.54) is 0 Å². The smallest absolute Gasteiger partial charge is 0.249 e. The fourth-order valence-electron chi connectivity index (χ4n) is 0.890. The van der Waals surface area contributed by atoms with E-state index in [9.17, 15) is 4.79 Å². The molecule has 1 amide bonds. The largest absolute Gasteiger partial charge is 0.383 e. The summed E-state index contributed by atoms with van der Waals surface area (Å²) in [5.41, 5.74) is 2.15. The molecule has 0 rings (SSSR count). The van der Waals surface area contributed by atoms with Crippen LogP contribution in [0.25, 0.3) is 0 Å². The molecule has 4 nitrogen and oxygen atoms in total. The molecule has 84 valence electrons. The molecular weight excluding hydrogens is 200 g/mol. The summed E-state index contributed by atoms with van der Waals surface area (Å²) in [7, 11) is 1.58. The number of hydrazine groups is 1. The van der Waals surface area contributed by atoms with Gasteiger partial charge in [-0.2, -0.15) is 0 Å². The van der Waals surface area contributed by atoms with Crippen LogP contribution >= 0.6 is 11.8 Å². The van der Waals surface area contributed by atoms with Gasteiger partial charge in [0, 0.05) is 7.11 Å². The number of hydrogen-bond donors (Lipinski definition) is 2. The first-order valence-electron chi connectivity index (χ1n) is 4.72. The number of carbonyl (C=O) groups excluding carboxylic acids is 1. The summed E-state index contributed by atoms with van der Waals surface area (Å²) in [5.74, 6) is 6.52. The van der Waals surface area contributed by atoms with E-state index in [4.69, 9.17) is 10.6 Å². The number of amides is 1. The highest BCUT2D eigenvalue weighted by molar-refractivity contribution is 8.00. The second-order valence-corrected chi connectivity index (χ2v) is 4.82. The third kappa shape index (κ3) is 6.23. The molecule has 1 atom stereocenters. The number of hydrogen-bond acceptors (Lipinski definition) is 4. The Hall–Kier alpha value is -0.260. The van der Waals surface area contributed by atoms with Crippen molar-refractivity contribution in [3.8, 4) is 0 Å². The van der Waals surface area contributed by atoms with Crippen molar-refractivity contribution in [2.24, 2.45) is 11.8 Å². The molecule has 14 heavy (non-hydrogen) atoms. The van der Waals surface area contributed by atoms with Crippen LogP contribution in [0.2, 0.25) is 0 Å².